The van der Waals surface area contributed by atoms with Crippen molar-refractivity contribution in [3.05, 3.63) is 64.2 Å². The van der Waals surface area contributed by atoms with Crippen molar-refractivity contribution in [3.8, 4) is 5.75 Å². The highest BCUT2D eigenvalue weighted by molar-refractivity contribution is 7.80. The molecule has 0 bridgehead atoms. The van der Waals surface area contributed by atoms with Crippen LogP contribution < -0.4 is 10.5 Å². The van der Waals surface area contributed by atoms with Crippen molar-refractivity contribution in [2.24, 2.45) is 5.73 Å². The molecule has 21 heavy (non-hydrogen) atoms. The van der Waals surface area contributed by atoms with Gasteiger partial charge in [-0.05, 0) is 35.4 Å². The maximum atomic E-state index is 5.93. The van der Waals surface area contributed by atoms with Gasteiger partial charge in [0.1, 0.15) is 10.7 Å². The van der Waals surface area contributed by atoms with Crippen molar-refractivity contribution in [1.29, 1.82) is 0 Å². The number of nitrogens with two attached hydrogens (primary N) is 1. The summed E-state index contributed by atoms with van der Waals surface area (Å²) in [4.78, 5) is 0.309. The third-order valence-corrected chi connectivity index (χ3v) is 3.41. The summed E-state index contributed by atoms with van der Waals surface area (Å²) >= 11 is 11.0. The number of rotatable bonds is 6. The van der Waals surface area contributed by atoms with Crippen LogP contribution in [0.3, 0.4) is 0 Å². The summed E-state index contributed by atoms with van der Waals surface area (Å²) in [6, 6.07) is 13.3. The Morgan fingerprint density at radius 2 is 1.86 bits per heavy atom. The topological polar surface area (TPSA) is 44.5 Å². The molecule has 2 aromatic rings. The van der Waals surface area contributed by atoms with E-state index in [0.29, 0.717) is 29.0 Å². The van der Waals surface area contributed by atoms with Crippen molar-refractivity contribution in [2.75, 3.05) is 7.11 Å². The van der Waals surface area contributed by atoms with Crippen molar-refractivity contribution < 1.29 is 9.47 Å². The van der Waals surface area contributed by atoms with E-state index >= 15 is 0 Å². The van der Waals surface area contributed by atoms with Gasteiger partial charge in [-0.3, -0.25) is 0 Å². The van der Waals surface area contributed by atoms with Gasteiger partial charge in [-0.1, -0.05) is 42.0 Å². The Morgan fingerprint density at radius 1 is 1.14 bits per heavy atom. The molecule has 0 saturated carbocycles. The highest BCUT2D eigenvalue weighted by Gasteiger charge is 2.07. The molecule has 5 heteroatoms. The van der Waals surface area contributed by atoms with E-state index in [1.54, 1.807) is 7.11 Å². The van der Waals surface area contributed by atoms with E-state index in [1.165, 1.54) is 0 Å². The van der Waals surface area contributed by atoms with Crippen molar-refractivity contribution in [1.82, 2.24) is 0 Å². The van der Waals surface area contributed by atoms with E-state index in [0.717, 1.165) is 16.7 Å². The summed E-state index contributed by atoms with van der Waals surface area (Å²) in [5, 5.41) is 0.705. The number of hydrogen-bond donors (Lipinski definition) is 1. The molecule has 0 amide bonds. The molecule has 2 N–H and O–H groups in total. The molecule has 0 radical (unpaired) electrons. The highest BCUT2D eigenvalue weighted by atomic mass is 35.5. The zero-order valence-corrected chi connectivity index (χ0v) is 13.2. The van der Waals surface area contributed by atoms with Crippen LogP contribution in [-0.4, -0.2) is 12.1 Å². The number of methoxy groups -OCH3 is 1. The van der Waals surface area contributed by atoms with Gasteiger partial charge in [-0.25, -0.2) is 0 Å². The molecule has 3 nitrogen and oxygen atoms in total. The second-order valence-corrected chi connectivity index (χ2v) is 5.40. The van der Waals surface area contributed by atoms with Crippen LogP contribution in [0.2, 0.25) is 5.02 Å². The summed E-state index contributed by atoms with van der Waals surface area (Å²) in [6.07, 6.45) is 0. The van der Waals surface area contributed by atoms with Crippen LogP contribution in [0.4, 0.5) is 0 Å². The predicted octanol–water partition coefficient (Wildman–Crippen LogP) is 3.70. The Morgan fingerprint density at radius 3 is 2.48 bits per heavy atom. The van der Waals surface area contributed by atoms with Gasteiger partial charge in [0.15, 0.2) is 0 Å². The lowest BCUT2D eigenvalue weighted by molar-refractivity contribution is 0.107. The molecule has 0 aliphatic heterocycles. The molecule has 0 aliphatic carbocycles. The predicted molar refractivity (Wildman–Crippen MR) is 88.8 cm³/mol. The molecule has 110 valence electrons. The van der Waals surface area contributed by atoms with E-state index in [4.69, 9.17) is 39.0 Å². The molecule has 0 spiro atoms. The Bertz CT molecular complexity index is 646. The van der Waals surface area contributed by atoms with Gasteiger partial charge in [-0.15, -0.1) is 0 Å². The lowest BCUT2D eigenvalue weighted by atomic mass is 10.1. The van der Waals surface area contributed by atoms with E-state index in [2.05, 4.69) is 0 Å². The molecular weight excluding hydrogens is 306 g/mol. The first kappa shape index (κ1) is 15.8. The van der Waals surface area contributed by atoms with Crippen molar-refractivity contribution in [3.63, 3.8) is 0 Å². The van der Waals surface area contributed by atoms with Gasteiger partial charge in [0.2, 0.25) is 0 Å². The molecule has 0 heterocycles. The minimum Gasteiger partial charge on any atom is -0.496 e. The monoisotopic (exact) mass is 321 g/mol. The van der Waals surface area contributed by atoms with Gasteiger partial charge < -0.3 is 15.2 Å². The largest absolute Gasteiger partial charge is 0.496 e. The zero-order chi connectivity index (χ0) is 15.2. The first-order chi connectivity index (χ1) is 10.1. The van der Waals surface area contributed by atoms with E-state index in [-0.39, 0.29) is 0 Å². The van der Waals surface area contributed by atoms with Crippen molar-refractivity contribution >= 4 is 28.8 Å². The van der Waals surface area contributed by atoms with E-state index in [9.17, 15) is 0 Å². The van der Waals surface area contributed by atoms with Crippen LogP contribution in [0.15, 0.2) is 42.5 Å². The number of thiocarbonyl (C=S) groups is 1. The van der Waals surface area contributed by atoms with Crippen LogP contribution in [-0.2, 0) is 18.0 Å². The fourth-order valence-electron chi connectivity index (χ4n) is 1.95. The van der Waals surface area contributed by atoms with Crippen LogP contribution in [0.1, 0.15) is 16.7 Å². The van der Waals surface area contributed by atoms with E-state index < -0.39 is 0 Å². The second kappa shape index (κ2) is 7.41. The van der Waals surface area contributed by atoms with Gasteiger partial charge >= 0.3 is 0 Å². The Hall–Kier alpha value is -1.62. The molecule has 0 fully saturated rings. The lowest BCUT2D eigenvalue weighted by Gasteiger charge is -2.10. The van der Waals surface area contributed by atoms with Crippen LogP contribution in [0, 0.1) is 0 Å². The fourth-order valence-corrected chi connectivity index (χ4v) is 2.32. The van der Waals surface area contributed by atoms with Crippen molar-refractivity contribution in [2.45, 2.75) is 13.2 Å². The maximum absolute atomic E-state index is 5.93. The molecule has 0 unspecified atom stereocenters. The second-order valence-electron chi connectivity index (χ2n) is 4.52. The summed E-state index contributed by atoms with van der Waals surface area (Å²) in [5.74, 6) is 0.668. The van der Waals surface area contributed by atoms with Gasteiger partial charge in [0.05, 0.1) is 25.9 Å². The molecule has 2 aromatic carbocycles. The minimum atomic E-state index is 0.309. The summed E-state index contributed by atoms with van der Waals surface area (Å²) in [6.45, 7) is 0.959. The Kier molecular flexibility index (Phi) is 5.56. The van der Waals surface area contributed by atoms with Crippen LogP contribution >= 0.6 is 23.8 Å². The number of halogens is 1. The highest BCUT2D eigenvalue weighted by Crippen LogP contribution is 2.20. The van der Waals surface area contributed by atoms with Crippen LogP contribution in [0.25, 0.3) is 0 Å². The summed E-state index contributed by atoms with van der Waals surface area (Å²) in [5.41, 5.74) is 8.43. The Balaban J connectivity index is 2.00. The average molecular weight is 322 g/mol. The molecular formula is C16H16ClNO2S. The normalized spacial score (nSPS) is 10.4. The quantitative estimate of drug-likeness (QED) is 0.824. The third kappa shape index (κ3) is 4.43. The smallest absolute Gasteiger partial charge is 0.129 e. The van der Waals surface area contributed by atoms with Gasteiger partial charge in [0, 0.05) is 5.02 Å². The zero-order valence-electron chi connectivity index (χ0n) is 11.6. The number of ether oxygens (including phenoxy) is 2. The number of hydrogen-bond acceptors (Lipinski definition) is 3. The molecule has 0 aromatic heterocycles. The van der Waals surface area contributed by atoms with E-state index in [1.807, 2.05) is 42.5 Å². The first-order valence-corrected chi connectivity index (χ1v) is 7.17. The Labute approximate surface area is 134 Å². The van der Waals surface area contributed by atoms with Crippen LogP contribution in [0.5, 0.6) is 5.75 Å². The first-order valence-electron chi connectivity index (χ1n) is 6.39. The summed E-state index contributed by atoms with van der Waals surface area (Å²) < 4.78 is 10.9. The fraction of sp³-hybridized carbons (Fsp3) is 0.188. The molecule has 0 aliphatic rings. The average Bonchev–Trinajstić information content (AvgIpc) is 2.47. The standard InChI is InChI=1S/C16H16ClNO2S/c1-19-15-6-5-12(8-14(15)16(18)21)10-20-9-11-3-2-4-13(17)7-11/h2-8H,9-10H2,1H3,(H2,18,21). The molecule has 0 atom stereocenters. The summed E-state index contributed by atoms with van der Waals surface area (Å²) in [7, 11) is 1.59. The van der Waals surface area contributed by atoms with Gasteiger partial charge in [-0.2, -0.15) is 0 Å². The SMILES string of the molecule is COc1ccc(COCc2cccc(Cl)c2)cc1C(N)=S. The lowest BCUT2D eigenvalue weighted by Crippen LogP contribution is -2.11. The van der Waals surface area contributed by atoms with Gasteiger partial charge in [0.25, 0.3) is 0 Å². The maximum Gasteiger partial charge on any atom is 0.129 e. The number of benzene rings is 2. The molecule has 2 rings (SSSR count). The minimum absolute atomic E-state index is 0.309. The molecule has 0 saturated heterocycles. The third-order valence-electron chi connectivity index (χ3n) is 2.96.